The highest BCUT2D eigenvalue weighted by atomic mass is 16.5. The van der Waals surface area contributed by atoms with Gasteiger partial charge in [-0.1, -0.05) is 0 Å². The molecule has 0 aromatic heterocycles. The summed E-state index contributed by atoms with van der Waals surface area (Å²) in [5, 5.41) is 3.94. The average Bonchev–Trinajstić information content (AvgIpc) is 2.37. The van der Waals surface area contributed by atoms with E-state index in [-0.39, 0.29) is 0 Å². The Balaban J connectivity index is 2.62. The minimum Gasteiger partial charge on any atom is -0.494 e. The van der Waals surface area contributed by atoms with Gasteiger partial charge < -0.3 is 9.47 Å². The number of ether oxygens (including phenoxy) is 2. The lowest BCUT2D eigenvalue weighted by Gasteiger charge is -2.05. The molecular weight excluding hydrogens is 232 g/mol. The predicted molar refractivity (Wildman–Crippen MR) is 70.0 cm³/mol. The van der Waals surface area contributed by atoms with Crippen LogP contribution in [0.15, 0.2) is 29.4 Å². The predicted octanol–water partition coefficient (Wildman–Crippen LogP) is 2.56. The van der Waals surface area contributed by atoms with E-state index in [0.29, 0.717) is 18.9 Å². The van der Waals surface area contributed by atoms with Crippen molar-refractivity contribution in [2.24, 2.45) is 5.10 Å². The van der Waals surface area contributed by atoms with Crippen LogP contribution in [0.25, 0.3) is 0 Å². The minimum absolute atomic E-state index is 0.323. The molecule has 1 amide bonds. The van der Waals surface area contributed by atoms with Gasteiger partial charge in [-0.15, -0.1) is 0 Å². The topological polar surface area (TPSA) is 59.9 Å². The molecule has 0 bridgehead atoms. The van der Waals surface area contributed by atoms with E-state index >= 15 is 0 Å². The van der Waals surface area contributed by atoms with Crippen LogP contribution in [0.4, 0.5) is 4.79 Å². The van der Waals surface area contributed by atoms with Gasteiger partial charge in [0.05, 0.1) is 18.9 Å². The maximum atomic E-state index is 11.1. The molecule has 1 aromatic rings. The van der Waals surface area contributed by atoms with Gasteiger partial charge in [0.2, 0.25) is 0 Å². The van der Waals surface area contributed by atoms with E-state index in [1.54, 1.807) is 6.92 Å². The average molecular weight is 250 g/mol. The molecule has 0 heterocycles. The summed E-state index contributed by atoms with van der Waals surface area (Å²) in [4.78, 5) is 11.1. The van der Waals surface area contributed by atoms with Gasteiger partial charge >= 0.3 is 6.09 Å². The van der Waals surface area contributed by atoms with Crippen LogP contribution in [0.1, 0.15) is 26.3 Å². The van der Waals surface area contributed by atoms with Crippen molar-refractivity contribution in [3.05, 3.63) is 29.8 Å². The number of hydrogen-bond acceptors (Lipinski definition) is 4. The Bertz CT molecular complexity index is 413. The van der Waals surface area contributed by atoms with Crippen molar-refractivity contribution in [1.29, 1.82) is 0 Å². The largest absolute Gasteiger partial charge is 0.494 e. The van der Waals surface area contributed by atoms with Gasteiger partial charge in [-0.25, -0.2) is 10.2 Å². The van der Waals surface area contributed by atoms with Crippen molar-refractivity contribution in [3.8, 4) is 5.75 Å². The molecule has 5 heteroatoms. The van der Waals surface area contributed by atoms with Crippen molar-refractivity contribution >= 4 is 11.8 Å². The number of nitrogens with zero attached hydrogens (tertiary/aromatic N) is 1. The van der Waals surface area contributed by atoms with Gasteiger partial charge in [0.1, 0.15) is 5.75 Å². The Morgan fingerprint density at radius 2 is 1.89 bits per heavy atom. The van der Waals surface area contributed by atoms with Gasteiger partial charge in [-0.05, 0) is 50.6 Å². The molecule has 1 N–H and O–H groups in total. The second kappa shape index (κ2) is 7.32. The molecule has 0 radical (unpaired) electrons. The van der Waals surface area contributed by atoms with Crippen LogP contribution in [-0.4, -0.2) is 25.0 Å². The van der Waals surface area contributed by atoms with Gasteiger partial charge in [0.25, 0.3) is 0 Å². The van der Waals surface area contributed by atoms with Gasteiger partial charge in [-0.3, -0.25) is 0 Å². The molecule has 0 atom stereocenters. The third-order valence-corrected chi connectivity index (χ3v) is 2.17. The lowest BCUT2D eigenvalue weighted by atomic mass is 10.1. The van der Waals surface area contributed by atoms with Gasteiger partial charge in [-0.2, -0.15) is 5.10 Å². The molecule has 18 heavy (non-hydrogen) atoms. The van der Waals surface area contributed by atoms with Crippen LogP contribution >= 0.6 is 0 Å². The van der Waals surface area contributed by atoms with Crippen LogP contribution < -0.4 is 10.2 Å². The zero-order valence-corrected chi connectivity index (χ0v) is 10.9. The molecule has 0 aliphatic carbocycles. The summed E-state index contributed by atoms with van der Waals surface area (Å²) in [6, 6.07) is 7.50. The number of rotatable bonds is 5. The molecular formula is C13H18N2O3. The number of hydrazone groups is 1. The van der Waals surface area contributed by atoms with Crippen molar-refractivity contribution < 1.29 is 14.3 Å². The maximum Gasteiger partial charge on any atom is 0.427 e. The van der Waals surface area contributed by atoms with E-state index < -0.39 is 6.09 Å². The van der Waals surface area contributed by atoms with E-state index in [1.807, 2.05) is 38.1 Å². The van der Waals surface area contributed by atoms with Crippen LogP contribution in [0.5, 0.6) is 5.75 Å². The fourth-order valence-corrected chi connectivity index (χ4v) is 1.32. The van der Waals surface area contributed by atoms with E-state index in [9.17, 15) is 4.79 Å². The summed E-state index contributed by atoms with van der Waals surface area (Å²) in [5.41, 5.74) is 3.93. The highest BCUT2D eigenvalue weighted by Gasteiger charge is 2.01. The van der Waals surface area contributed by atoms with E-state index in [4.69, 9.17) is 9.47 Å². The first-order chi connectivity index (χ1) is 8.67. The number of nitrogens with one attached hydrogen (secondary N) is 1. The summed E-state index contributed by atoms with van der Waals surface area (Å²) in [6.45, 7) is 6.44. The van der Waals surface area contributed by atoms with E-state index in [1.165, 1.54) is 0 Å². The molecule has 0 aliphatic heterocycles. The van der Waals surface area contributed by atoms with Gasteiger partial charge in [0.15, 0.2) is 0 Å². The molecule has 0 saturated carbocycles. The molecule has 0 fully saturated rings. The van der Waals surface area contributed by atoms with Crippen molar-refractivity contribution in [2.75, 3.05) is 13.2 Å². The third kappa shape index (κ3) is 4.45. The lowest BCUT2D eigenvalue weighted by Crippen LogP contribution is -2.20. The molecule has 1 rings (SSSR count). The Morgan fingerprint density at radius 3 is 2.44 bits per heavy atom. The summed E-state index contributed by atoms with van der Waals surface area (Å²) in [6.07, 6.45) is -0.553. The smallest absolute Gasteiger partial charge is 0.427 e. The number of carbonyl (C=O) groups is 1. The Kier molecular flexibility index (Phi) is 5.70. The van der Waals surface area contributed by atoms with Crippen molar-refractivity contribution in [2.45, 2.75) is 20.8 Å². The molecule has 98 valence electrons. The van der Waals surface area contributed by atoms with Crippen molar-refractivity contribution in [3.63, 3.8) is 0 Å². The minimum atomic E-state index is -0.553. The Labute approximate surface area is 107 Å². The normalized spacial score (nSPS) is 10.9. The summed E-state index contributed by atoms with van der Waals surface area (Å²) in [5.74, 6) is 0.812. The zero-order valence-electron chi connectivity index (χ0n) is 10.9. The van der Waals surface area contributed by atoms with E-state index in [0.717, 1.165) is 11.3 Å². The van der Waals surface area contributed by atoms with Crippen LogP contribution in [0, 0.1) is 0 Å². The van der Waals surface area contributed by atoms with Crippen molar-refractivity contribution in [1.82, 2.24) is 5.43 Å². The van der Waals surface area contributed by atoms with Crippen LogP contribution in [-0.2, 0) is 4.74 Å². The summed E-state index contributed by atoms with van der Waals surface area (Å²) >= 11 is 0. The quantitative estimate of drug-likeness (QED) is 0.645. The molecule has 0 unspecified atom stereocenters. The van der Waals surface area contributed by atoms with Crippen LogP contribution in [0.2, 0.25) is 0 Å². The highest BCUT2D eigenvalue weighted by molar-refractivity contribution is 5.99. The second-order valence-corrected chi connectivity index (χ2v) is 3.49. The number of benzene rings is 1. The molecule has 1 aromatic carbocycles. The Hall–Kier alpha value is -2.04. The summed E-state index contributed by atoms with van der Waals surface area (Å²) < 4.78 is 10.0. The number of amides is 1. The highest BCUT2D eigenvalue weighted by Crippen LogP contribution is 2.12. The fourth-order valence-electron chi connectivity index (χ4n) is 1.32. The standard InChI is InChI=1S/C13H18N2O3/c1-4-17-12-8-6-11(7-9-12)10(3)14-15-13(16)18-5-2/h6-9H,4-5H2,1-3H3,(H,15,16)/b14-10+. The summed E-state index contributed by atoms with van der Waals surface area (Å²) in [7, 11) is 0. The molecule has 5 nitrogen and oxygen atoms in total. The lowest BCUT2D eigenvalue weighted by molar-refractivity contribution is 0.152. The third-order valence-electron chi connectivity index (χ3n) is 2.17. The molecule has 0 saturated heterocycles. The second-order valence-electron chi connectivity index (χ2n) is 3.49. The first kappa shape index (κ1) is 14.0. The number of carbonyl (C=O) groups excluding carboxylic acids is 1. The monoisotopic (exact) mass is 250 g/mol. The molecule has 0 spiro atoms. The first-order valence-electron chi connectivity index (χ1n) is 5.87. The Morgan fingerprint density at radius 1 is 1.22 bits per heavy atom. The van der Waals surface area contributed by atoms with Crippen LogP contribution in [0.3, 0.4) is 0 Å². The molecule has 0 aliphatic rings. The maximum absolute atomic E-state index is 11.1. The SMILES string of the molecule is CCOC(=O)N/N=C(\C)c1ccc(OCC)cc1. The van der Waals surface area contributed by atoms with Gasteiger partial charge in [0, 0.05) is 0 Å². The number of hydrogen-bond donors (Lipinski definition) is 1. The van der Waals surface area contributed by atoms with E-state index in [2.05, 4.69) is 10.5 Å². The fraction of sp³-hybridized carbons (Fsp3) is 0.385. The zero-order chi connectivity index (χ0) is 13.4. The first-order valence-corrected chi connectivity index (χ1v) is 5.87.